The number of hydrogen-bond acceptors (Lipinski definition) is 1. The molecule has 13 heavy (non-hydrogen) atoms. The molecule has 1 aromatic heterocycles. The molecule has 0 bridgehead atoms. The summed E-state index contributed by atoms with van der Waals surface area (Å²) >= 11 is 0. The molecule has 1 aromatic rings. The Balaban J connectivity index is 2.20. The Hall–Kier alpha value is -0.850. The van der Waals surface area contributed by atoms with E-state index in [9.17, 15) is 0 Å². The van der Waals surface area contributed by atoms with Crippen molar-refractivity contribution < 1.29 is 0 Å². The standard InChI is InChI=1S/C12H17N/c1-9(2)11-4-3-7-13-12(11)8-10-5-6-10/h3-4,7,9-10H,5-6,8H2,1-2H3. The van der Waals surface area contributed by atoms with Gasteiger partial charge in [0.25, 0.3) is 0 Å². The smallest absolute Gasteiger partial charge is 0.0440 e. The fourth-order valence-electron chi connectivity index (χ4n) is 1.74. The predicted octanol–water partition coefficient (Wildman–Crippen LogP) is 3.16. The Labute approximate surface area is 80.2 Å². The van der Waals surface area contributed by atoms with Crippen LogP contribution in [0.1, 0.15) is 43.9 Å². The zero-order valence-electron chi connectivity index (χ0n) is 8.46. The summed E-state index contributed by atoms with van der Waals surface area (Å²) in [5.74, 6) is 1.55. The summed E-state index contributed by atoms with van der Waals surface area (Å²) in [5.41, 5.74) is 2.77. The Morgan fingerprint density at radius 3 is 2.85 bits per heavy atom. The molecule has 0 unspecified atom stereocenters. The van der Waals surface area contributed by atoms with Gasteiger partial charge in [-0.1, -0.05) is 19.9 Å². The van der Waals surface area contributed by atoms with E-state index in [0.29, 0.717) is 5.92 Å². The van der Waals surface area contributed by atoms with Crippen LogP contribution >= 0.6 is 0 Å². The number of nitrogens with zero attached hydrogens (tertiary/aromatic N) is 1. The topological polar surface area (TPSA) is 12.9 Å². The van der Waals surface area contributed by atoms with Crippen molar-refractivity contribution in [2.45, 2.75) is 39.0 Å². The van der Waals surface area contributed by atoms with Crippen LogP contribution in [0, 0.1) is 5.92 Å². The summed E-state index contributed by atoms with van der Waals surface area (Å²) in [6.45, 7) is 4.49. The largest absolute Gasteiger partial charge is 0.261 e. The maximum absolute atomic E-state index is 4.48. The van der Waals surface area contributed by atoms with Crippen LogP contribution in [-0.2, 0) is 6.42 Å². The van der Waals surface area contributed by atoms with Crippen molar-refractivity contribution in [1.82, 2.24) is 4.98 Å². The van der Waals surface area contributed by atoms with Gasteiger partial charge in [-0.15, -0.1) is 0 Å². The molecule has 1 nitrogen and oxygen atoms in total. The molecule has 0 saturated heterocycles. The van der Waals surface area contributed by atoms with Gasteiger partial charge in [-0.05, 0) is 42.7 Å². The summed E-state index contributed by atoms with van der Waals surface area (Å²) in [6.07, 6.45) is 5.94. The van der Waals surface area contributed by atoms with Gasteiger partial charge in [0, 0.05) is 11.9 Å². The second-order valence-corrected chi connectivity index (χ2v) is 4.34. The van der Waals surface area contributed by atoms with E-state index in [4.69, 9.17) is 0 Å². The highest BCUT2D eigenvalue weighted by Gasteiger charge is 2.23. The molecule has 1 heteroatoms. The van der Waals surface area contributed by atoms with Crippen molar-refractivity contribution in [3.05, 3.63) is 29.6 Å². The third-order valence-corrected chi connectivity index (χ3v) is 2.73. The van der Waals surface area contributed by atoms with E-state index in [1.165, 1.54) is 30.5 Å². The molecule has 0 radical (unpaired) electrons. The average Bonchev–Trinajstić information content (AvgIpc) is 2.89. The van der Waals surface area contributed by atoms with E-state index >= 15 is 0 Å². The first-order valence-electron chi connectivity index (χ1n) is 5.21. The minimum absolute atomic E-state index is 0.613. The van der Waals surface area contributed by atoms with Gasteiger partial charge < -0.3 is 0 Å². The summed E-state index contributed by atoms with van der Waals surface area (Å²) in [6, 6.07) is 4.26. The van der Waals surface area contributed by atoms with E-state index in [2.05, 4.69) is 24.9 Å². The predicted molar refractivity (Wildman–Crippen MR) is 54.8 cm³/mol. The van der Waals surface area contributed by atoms with Crippen molar-refractivity contribution in [1.29, 1.82) is 0 Å². The van der Waals surface area contributed by atoms with Crippen LogP contribution in [0.2, 0.25) is 0 Å². The van der Waals surface area contributed by atoms with Gasteiger partial charge >= 0.3 is 0 Å². The molecule has 70 valence electrons. The lowest BCUT2D eigenvalue weighted by molar-refractivity contribution is 0.757. The van der Waals surface area contributed by atoms with Crippen LogP contribution in [0.25, 0.3) is 0 Å². The van der Waals surface area contributed by atoms with Crippen molar-refractivity contribution >= 4 is 0 Å². The molecule has 0 spiro atoms. The van der Waals surface area contributed by atoms with Crippen LogP contribution in [0.15, 0.2) is 18.3 Å². The maximum atomic E-state index is 4.48. The van der Waals surface area contributed by atoms with Crippen molar-refractivity contribution in [3.63, 3.8) is 0 Å². The Kier molecular flexibility index (Phi) is 2.34. The quantitative estimate of drug-likeness (QED) is 0.687. The van der Waals surface area contributed by atoms with Gasteiger partial charge in [-0.3, -0.25) is 4.98 Å². The van der Waals surface area contributed by atoms with Crippen LogP contribution in [0.3, 0.4) is 0 Å². The van der Waals surface area contributed by atoms with Gasteiger partial charge in [0.15, 0.2) is 0 Å². The van der Waals surface area contributed by atoms with Crippen molar-refractivity contribution in [2.75, 3.05) is 0 Å². The minimum atomic E-state index is 0.613. The van der Waals surface area contributed by atoms with E-state index in [1.807, 2.05) is 12.3 Å². The number of aromatic nitrogens is 1. The van der Waals surface area contributed by atoms with Gasteiger partial charge in [-0.2, -0.15) is 0 Å². The second kappa shape index (κ2) is 3.49. The molecule has 0 atom stereocenters. The molecule has 2 rings (SSSR count). The van der Waals surface area contributed by atoms with Gasteiger partial charge in [0.2, 0.25) is 0 Å². The number of rotatable bonds is 3. The first kappa shape index (κ1) is 8.74. The maximum Gasteiger partial charge on any atom is 0.0440 e. The Bertz CT molecular complexity index is 287. The zero-order valence-corrected chi connectivity index (χ0v) is 8.46. The van der Waals surface area contributed by atoms with Crippen LogP contribution in [-0.4, -0.2) is 4.98 Å². The van der Waals surface area contributed by atoms with Gasteiger partial charge in [-0.25, -0.2) is 0 Å². The molecule has 0 aromatic carbocycles. The summed E-state index contributed by atoms with van der Waals surface area (Å²) in [5, 5.41) is 0. The second-order valence-electron chi connectivity index (χ2n) is 4.34. The van der Waals surface area contributed by atoms with Crippen molar-refractivity contribution in [2.24, 2.45) is 5.92 Å². The van der Waals surface area contributed by atoms with E-state index < -0.39 is 0 Å². The molecular weight excluding hydrogens is 158 g/mol. The lowest BCUT2D eigenvalue weighted by Gasteiger charge is -2.10. The summed E-state index contributed by atoms with van der Waals surface area (Å²) in [4.78, 5) is 4.48. The zero-order chi connectivity index (χ0) is 9.26. The van der Waals surface area contributed by atoms with Crippen LogP contribution in [0.5, 0.6) is 0 Å². The van der Waals surface area contributed by atoms with Crippen molar-refractivity contribution in [3.8, 4) is 0 Å². The first-order valence-corrected chi connectivity index (χ1v) is 5.21. The highest BCUT2D eigenvalue weighted by atomic mass is 14.7. The molecule has 1 aliphatic carbocycles. The molecule has 1 aliphatic rings. The van der Waals surface area contributed by atoms with E-state index in [1.54, 1.807) is 0 Å². The molecule has 1 saturated carbocycles. The fourth-order valence-corrected chi connectivity index (χ4v) is 1.74. The minimum Gasteiger partial charge on any atom is -0.261 e. The molecule has 0 aliphatic heterocycles. The lowest BCUT2D eigenvalue weighted by Crippen LogP contribution is -2.00. The third-order valence-electron chi connectivity index (χ3n) is 2.73. The molecule has 0 N–H and O–H groups in total. The molecule has 1 heterocycles. The molecule has 0 amide bonds. The van der Waals surface area contributed by atoms with E-state index in [0.717, 1.165) is 5.92 Å². The fraction of sp³-hybridized carbons (Fsp3) is 0.583. The molecule has 1 fully saturated rings. The molecular formula is C12H17N. The summed E-state index contributed by atoms with van der Waals surface area (Å²) < 4.78 is 0. The third kappa shape index (κ3) is 2.09. The first-order chi connectivity index (χ1) is 6.27. The van der Waals surface area contributed by atoms with Crippen LogP contribution in [0.4, 0.5) is 0 Å². The highest BCUT2D eigenvalue weighted by molar-refractivity contribution is 5.24. The number of pyridine rings is 1. The van der Waals surface area contributed by atoms with Gasteiger partial charge in [0.1, 0.15) is 0 Å². The summed E-state index contributed by atoms with van der Waals surface area (Å²) in [7, 11) is 0. The average molecular weight is 175 g/mol. The van der Waals surface area contributed by atoms with Gasteiger partial charge in [0.05, 0.1) is 0 Å². The SMILES string of the molecule is CC(C)c1cccnc1CC1CC1. The normalized spacial score (nSPS) is 16.5. The van der Waals surface area contributed by atoms with Crippen LogP contribution < -0.4 is 0 Å². The van der Waals surface area contributed by atoms with E-state index in [-0.39, 0.29) is 0 Å². The number of hydrogen-bond donors (Lipinski definition) is 0. The Morgan fingerprint density at radius 1 is 1.46 bits per heavy atom. The Morgan fingerprint density at radius 2 is 2.23 bits per heavy atom. The highest BCUT2D eigenvalue weighted by Crippen LogP contribution is 2.33. The monoisotopic (exact) mass is 175 g/mol. The lowest BCUT2D eigenvalue weighted by atomic mass is 9.99.